The number of aryl methyl sites for hydroxylation is 2. The number of nitrogens with zero attached hydrogens (tertiary/aromatic N) is 2. The van der Waals surface area contributed by atoms with Crippen LogP contribution in [-0.2, 0) is 25.9 Å². The molecule has 0 radical (unpaired) electrons. The van der Waals surface area contributed by atoms with Gasteiger partial charge in [-0.05, 0) is 38.7 Å². The van der Waals surface area contributed by atoms with Gasteiger partial charge < -0.3 is 19.9 Å². The quantitative estimate of drug-likeness (QED) is 0.292. The van der Waals surface area contributed by atoms with E-state index in [1.54, 1.807) is 0 Å². The summed E-state index contributed by atoms with van der Waals surface area (Å²) < 4.78 is 11.6. The Kier molecular flexibility index (Phi) is 9.76. The van der Waals surface area contributed by atoms with Gasteiger partial charge in [0.1, 0.15) is 11.5 Å². The monoisotopic (exact) mass is 512 g/mol. The Morgan fingerprint density at radius 3 is 2.62 bits per heavy atom. The first-order valence-corrected chi connectivity index (χ1v) is 10.5. The van der Waals surface area contributed by atoms with Crippen LogP contribution in [0, 0.1) is 0 Å². The van der Waals surface area contributed by atoms with E-state index in [1.807, 2.05) is 18.2 Å². The minimum atomic E-state index is 0. The first kappa shape index (κ1) is 23.5. The molecule has 2 N–H and O–H groups in total. The normalized spacial score (nSPS) is 14.1. The van der Waals surface area contributed by atoms with Crippen LogP contribution in [0.2, 0.25) is 0 Å². The van der Waals surface area contributed by atoms with Crippen LogP contribution in [0.25, 0.3) is 0 Å². The van der Waals surface area contributed by atoms with Crippen molar-refractivity contribution in [2.45, 2.75) is 72.1 Å². The lowest BCUT2D eigenvalue weighted by atomic mass is 9.96. The molecular weight excluding hydrogens is 479 g/mol. The number of guanidine groups is 1. The second kappa shape index (κ2) is 12.0. The Balaban J connectivity index is 0.00000300. The van der Waals surface area contributed by atoms with E-state index in [9.17, 15) is 0 Å². The zero-order chi connectivity index (χ0) is 19.8. The fraction of sp³-hybridized carbons (Fsp3) is 0.545. The predicted octanol–water partition coefficient (Wildman–Crippen LogP) is 4.60. The summed E-state index contributed by atoms with van der Waals surface area (Å²) in [5.74, 6) is 2.68. The number of ether oxygens (including phenoxy) is 1. The van der Waals surface area contributed by atoms with E-state index >= 15 is 0 Å². The maximum atomic E-state index is 6.12. The molecule has 1 aromatic heterocycles. The van der Waals surface area contributed by atoms with Crippen molar-refractivity contribution in [3.05, 3.63) is 46.8 Å². The third kappa shape index (κ3) is 6.35. The lowest BCUT2D eigenvalue weighted by Crippen LogP contribution is -2.37. The zero-order valence-electron chi connectivity index (χ0n) is 17.7. The van der Waals surface area contributed by atoms with Crippen molar-refractivity contribution in [3.63, 3.8) is 0 Å². The van der Waals surface area contributed by atoms with Crippen molar-refractivity contribution in [2.24, 2.45) is 4.99 Å². The van der Waals surface area contributed by atoms with E-state index in [0.29, 0.717) is 19.2 Å². The fourth-order valence-electron chi connectivity index (χ4n) is 3.23. The average molecular weight is 512 g/mol. The Morgan fingerprint density at radius 2 is 1.97 bits per heavy atom. The molecule has 2 aromatic rings. The average Bonchev–Trinajstić information content (AvgIpc) is 3.09. The summed E-state index contributed by atoms with van der Waals surface area (Å²) in [4.78, 5) is 4.77. The van der Waals surface area contributed by atoms with E-state index in [-0.39, 0.29) is 24.0 Å². The molecule has 1 aliphatic rings. The Labute approximate surface area is 190 Å². The van der Waals surface area contributed by atoms with Crippen molar-refractivity contribution >= 4 is 29.9 Å². The summed E-state index contributed by atoms with van der Waals surface area (Å²) >= 11 is 0. The molecule has 0 amide bonds. The van der Waals surface area contributed by atoms with Crippen LogP contribution >= 0.6 is 24.0 Å². The molecule has 0 spiro atoms. The highest BCUT2D eigenvalue weighted by Crippen LogP contribution is 2.27. The molecule has 1 saturated carbocycles. The highest BCUT2D eigenvalue weighted by Gasteiger charge is 2.20. The number of para-hydroxylation sites is 1. The molecule has 7 heteroatoms. The summed E-state index contributed by atoms with van der Waals surface area (Å²) in [7, 11) is 0. The lowest BCUT2D eigenvalue weighted by molar-refractivity contribution is 0.119. The van der Waals surface area contributed by atoms with Gasteiger partial charge in [-0.15, -0.1) is 24.0 Å². The summed E-state index contributed by atoms with van der Waals surface area (Å²) in [6, 6.07) is 8.19. The van der Waals surface area contributed by atoms with Crippen LogP contribution in [0.1, 0.15) is 62.6 Å². The summed E-state index contributed by atoms with van der Waals surface area (Å²) in [6.45, 7) is 8.28. The van der Waals surface area contributed by atoms with Crippen LogP contribution in [0.4, 0.5) is 0 Å². The second-order valence-corrected chi connectivity index (χ2v) is 7.07. The SMILES string of the molecule is CCNC(=NCc1ccccc1OC1CCC1)NCc1c(CC)noc1CC.I. The molecule has 1 heterocycles. The van der Waals surface area contributed by atoms with E-state index in [0.717, 1.165) is 66.5 Å². The van der Waals surface area contributed by atoms with Crippen molar-refractivity contribution in [2.75, 3.05) is 6.54 Å². The summed E-state index contributed by atoms with van der Waals surface area (Å²) in [5, 5.41) is 10.9. The number of hydrogen-bond donors (Lipinski definition) is 2. The Bertz CT molecular complexity index is 765. The number of halogens is 1. The number of benzene rings is 1. The molecule has 0 bridgehead atoms. The highest BCUT2D eigenvalue weighted by atomic mass is 127. The van der Waals surface area contributed by atoms with Gasteiger partial charge >= 0.3 is 0 Å². The fourth-order valence-corrected chi connectivity index (χ4v) is 3.23. The third-order valence-electron chi connectivity index (χ3n) is 5.11. The summed E-state index contributed by atoms with van der Waals surface area (Å²) in [6.07, 6.45) is 5.64. The van der Waals surface area contributed by atoms with Gasteiger partial charge in [0, 0.05) is 30.6 Å². The standard InChI is InChI=1S/C22H32N4O2.HI/c1-4-19-18(20(5-2)28-26-19)15-25-22(23-6-3)24-14-16-10-7-8-13-21(16)27-17-11-9-12-17;/h7-8,10,13,17H,4-6,9,11-12,14-15H2,1-3H3,(H2,23,24,25);1H. The van der Waals surface area contributed by atoms with Crippen molar-refractivity contribution in [1.82, 2.24) is 15.8 Å². The molecule has 0 aliphatic heterocycles. The number of aromatic nitrogens is 1. The van der Waals surface area contributed by atoms with E-state index in [1.165, 1.54) is 6.42 Å². The minimum Gasteiger partial charge on any atom is -0.490 e. The molecule has 6 nitrogen and oxygen atoms in total. The second-order valence-electron chi connectivity index (χ2n) is 7.07. The van der Waals surface area contributed by atoms with Crippen molar-refractivity contribution in [3.8, 4) is 5.75 Å². The van der Waals surface area contributed by atoms with Crippen LogP contribution in [-0.4, -0.2) is 23.8 Å². The first-order chi connectivity index (χ1) is 13.7. The molecule has 1 fully saturated rings. The molecule has 0 unspecified atom stereocenters. The number of hydrogen-bond acceptors (Lipinski definition) is 4. The van der Waals surface area contributed by atoms with Crippen molar-refractivity contribution in [1.29, 1.82) is 0 Å². The highest BCUT2D eigenvalue weighted by molar-refractivity contribution is 14.0. The molecule has 0 saturated heterocycles. The molecule has 1 aromatic carbocycles. The molecule has 0 atom stereocenters. The first-order valence-electron chi connectivity index (χ1n) is 10.5. The lowest BCUT2D eigenvalue weighted by Gasteiger charge is -2.27. The Hall–Kier alpha value is -1.77. The molecule has 160 valence electrons. The van der Waals surface area contributed by atoms with Crippen LogP contribution in [0.3, 0.4) is 0 Å². The number of rotatable bonds is 9. The van der Waals surface area contributed by atoms with Gasteiger partial charge in [-0.25, -0.2) is 4.99 Å². The van der Waals surface area contributed by atoms with Gasteiger partial charge in [0.05, 0.1) is 18.3 Å². The zero-order valence-corrected chi connectivity index (χ0v) is 20.0. The van der Waals surface area contributed by atoms with Gasteiger partial charge in [-0.1, -0.05) is 37.2 Å². The largest absolute Gasteiger partial charge is 0.490 e. The summed E-state index contributed by atoms with van der Waals surface area (Å²) in [5.41, 5.74) is 3.27. The van der Waals surface area contributed by atoms with Gasteiger partial charge in [0.15, 0.2) is 5.96 Å². The minimum absolute atomic E-state index is 0. The molecular formula is C22H33IN4O2. The van der Waals surface area contributed by atoms with E-state index in [2.05, 4.69) is 42.6 Å². The maximum absolute atomic E-state index is 6.12. The smallest absolute Gasteiger partial charge is 0.191 e. The topological polar surface area (TPSA) is 71.7 Å². The molecule has 29 heavy (non-hydrogen) atoms. The maximum Gasteiger partial charge on any atom is 0.191 e. The third-order valence-corrected chi connectivity index (χ3v) is 5.11. The Morgan fingerprint density at radius 1 is 1.17 bits per heavy atom. The number of aliphatic imine (C=N–C) groups is 1. The van der Waals surface area contributed by atoms with E-state index in [4.69, 9.17) is 14.3 Å². The predicted molar refractivity (Wildman–Crippen MR) is 127 cm³/mol. The van der Waals surface area contributed by atoms with Gasteiger partial charge in [-0.3, -0.25) is 0 Å². The van der Waals surface area contributed by atoms with Gasteiger partial charge in [-0.2, -0.15) is 0 Å². The van der Waals surface area contributed by atoms with Crippen LogP contribution in [0.15, 0.2) is 33.8 Å². The van der Waals surface area contributed by atoms with Gasteiger partial charge in [0.2, 0.25) is 0 Å². The number of nitrogens with one attached hydrogen (secondary N) is 2. The van der Waals surface area contributed by atoms with Gasteiger partial charge in [0.25, 0.3) is 0 Å². The van der Waals surface area contributed by atoms with Crippen molar-refractivity contribution < 1.29 is 9.26 Å². The van der Waals surface area contributed by atoms with Crippen LogP contribution < -0.4 is 15.4 Å². The van der Waals surface area contributed by atoms with Crippen LogP contribution in [0.5, 0.6) is 5.75 Å². The van der Waals surface area contributed by atoms with E-state index < -0.39 is 0 Å². The molecule has 1 aliphatic carbocycles. The molecule has 3 rings (SSSR count).